The Bertz CT molecular complexity index is 835. The Kier molecular flexibility index (Phi) is 4.05. The summed E-state index contributed by atoms with van der Waals surface area (Å²) >= 11 is 0. The van der Waals surface area contributed by atoms with E-state index in [1.807, 2.05) is 25.7 Å². The molecule has 0 spiro atoms. The third kappa shape index (κ3) is 2.79. The molecule has 0 aromatic carbocycles. The zero-order valence-corrected chi connectivity index (χ0v) is 15.3. The van der Waals surface area contributed by atoms with E-state index in [1.165, 1.54) is 0 Å². The van der Waals surface area contributed by atoms with Crippen molar-refractivity contribution in [1.29, 1.82) is 0 Å². The fraction of sp³-hybridized carbons (Fsp3) is 0.556. The van der Waals surface area contributed by atoms with Crippen molar-refractivity contribution >= 4 is 11.8 Å². The van der Waals surface area contributed by atoms with Gasteiger partial charge >= 0.3 is 0 Å². The van der Waals surface area contributed by atoms with E-state index in [2.05, 4.69) is 15.4 Å². The molecule has 2 bridgehead atoms. The first-order chi connectivity index (χ1) is 12.4. The van der Waals surface area contributed by atoms with Gasteiger partial charge in [0.15, 0.2) is 0 Å². The summed E-state index contributed by atoms with van der Waals surface area (Å²) < 4.78 is 5.24. The Labute approximate surface area is 151 Å². The summed E-state index contributed by atoms with van der Waals surface area (Å²) in [5.41, 5.74) is 3.04. The fourth-order valence-electron chi connectivity index (χ4n) is 4.00. The van der Waals surface area contributed by atoms with E-state index < -0.39 is 0 Å². The van der Waals surface area contributed by atoms with Crippen molar-refractivity contribution in [2.75, 3.05) is 13.1 Å². The van der Waals surface area contributed by atoms with Crippen molar-refractivity contribution in [3.63, 3.8) is 0 Å². The van der Waals surface area contributed by atoms with Crippen LogP contribution >= 0.6 is 0 Å². The number of rotatable bonds is 3. The van der Waals surface area contributed by atoms with Gasteiger partial charge in [-0.1, -0.05) is 5.16 Å². The van der Waals surface area contributed by atoms with Crippen LogP contribution in [0.4, 0.5) is 0 Å². The van der Waals surface area contributed by atoms with Crippen LogP contribution in [0, 0.1) is 26.7 Å². The first-order valence-corrected chi connectivity index (χ1v) is 8.97. The topological polar surface area (TPSA) is 95.3 Å². The maximum absolute atomic E-state index is 13.0. The average molecular weight is 357 g/mol. The van der Waals surface area contributed by atoms with Crippen molar-refractivity contribution in [1.82, 2.24) is 25.2 Å². The van der Waals surface area contributed by atoms with E-state index in [-0.39, 0.29) is 23.8 Å². The third-order valence-electron chi connectivity index (χ3n) is 5.52. The normalized spacial score (nSPS) is 22.8. The van der Waals surface area contributed by atoms with Crippen molar-refractivity contribution in [2.24, 2.45) is 5.92 Å². The van der Waals surface area contributed by atoms with Gasteiger partial charge in [0.1, 0.15) is 11.5 Å². The molecule has 2 atom stereocenters. The molecule has 8 heteroatoms. The number of aromatic amines is 1. The largest absolute Gasteiger partial charge is 0.361 e. The van der Waals surface area contributed by atoms with Crippen LogP contribution in [0.1, 0.15) is 46.0 Å². The lowest BCUT2D eigenvalue weighted by molar-refractivity contribution is -0.140. The monoisotopic (exact) mass is 357 g/mol. The minimum absolute atomic E-state index is 0.0129. The lowest BCUT2D eigenvalue weighted by atomic mass is 9.93. The lowest BCUT2D eigenvalue weighted by Crippen LogP contribution is -2.47. The number of H-pyrrole nitrogens is 1. The number of hydrogen-bond acceptors (Lipinski definition) is 5. The van der Waals surface area contributed by atoms with Crippen LogP contribution < -0.4 is 0 Å². The molecule has 3 aliphatic rings. The van der Waals surface area contributed by atoms with Gasteiger partial charge in [0.2, 0.25) is 5.91 Å². The third-order valence-corrected chi connectivity index (χ3v) is 5.52. The number of hydrogen-bond donors (Lipinski definition) is 1. The van der Waals surface area contributed by atoms with Gasteiger partial charge in [-0.3, -0.25) is 14.7 Å². The molecule has 2 aromatic heterocycles. The Morgan fingerprint density at radius 2 is 2.12 bits per heavy atom. The quantitative estimate of drug-likeness (QED) is 0.900. The van der Waals surface area contributed by atoms with Crippen LogP contribution in [-0.4, -0.2) is 56.1 Å². The molecule has 138 valence electrons. The molecule has 0 unspecified atom stereocenters. The fourth-order valence-corrected chi connectivity index (χ4v) is 4.00. The van der Waals surface area contributed by atoms with Crippen molar-refractivity contribution in [2.45, 2.75) is 46.2 Å². The average Bonchev–Trinajstić information content (AvgIpc) is 3.06. The van der Waals surface area contributed by atoms with E-state index in [9.17, 15) is 9.59 Å². The molecule has 3 fully saturated rings. The van der Waals surface area contributed by atoms with E-state index in [0.717, 1.165) is 35.6 Å². The van der Waals surface area contributed by atoms with Crippen LogP contribution in [0.3, 0.4) is 0 Å². The highest BCUT2D eigenvalue weighted by atomic mass is 16.5. The van der Waals surface area contributed by atoms with Gasteiger partial charge in [-0.05, 0) is 39.7 Å². The first kappa shape index (κ1) is 16.8. The number of carbonyl (C=O) groups excluding carboxylic acids is 2. The summed E-state index contributed by atoms with van der Waals surface area (Å²) in [6.07, 6.45) is 1.73. The molecule has 0 radical (unpaired) electrons. The van der Waals surface area contributed by atoms with Crippen molar-refractivity contribution in [3.8, 4) is 0 Å². The minimum atomic E-state index is -0.154. The maximum atomic E-state index is 13.0. The van der Waals surface area contributed by atoms with Crippen molar-refractivity contribution < 1.29 is 14.1 Å². The summed E-state index contributed by atoms with van der Waals surface area (Å²) in [7, 11) is 0. The highest BCUT2D eigenvalue weighted by Crippen LogP contribution is 2.32. The zero-order valence-electron chi connectivity index (χ0n) is 15.3. The lowest BCUT2D eigenvalue weighted by Gasteiger charge is -2.35. The number of aryl methyl sites for hydroxylation is 3. The second-order valence-electron chi connectivity index (χ2n) is 7.34. The highest BCUT2D eigenvalue weighted by molar-refractivity contribution is 5.93. The number of carbonyl (C=O) groups is 2. The second-order valence-corrected chi connectivity index (χ2v) is 7.34. The Hall–Kier alpha value is -2.64. The Morgan fingerprint density at radius 3 is 2.77 bits per heavy atom. The number of nitrogens with one attached hydrogen (secondary N) is 1. The van der Waals surface area contributed by atoms with Gasteiger partial charge in [0.25, 0.3) is 5.91 Å². The predicted octanol–water partition coefficient (Wildman–Crippen LogP) is 1.59. The Morgan fingerprint density at radius 1 is 1.31 bits per heavy atom. The van der Waals surface area contributed by atoms with Crippen molar-refractivity contribution in [3.05, 3.63) is 34.5 Å². The van der Waals surface area contributed by atoms with Crippen LogP contribution in [-0.2, 0) is 11.3 Å². The van der Waals surface area contributed by atoms with Gasteiger partial charge in [-0.15, -0.1) is 0 Å². The molecule has 5 rings (SSSR count). The van der Waals surface area contributed by atoms with E-state index in [0.29, 0.717) is 25.3 Å². The SMILES string of the molecule is Cc1cc(C(=O)N2C[C@@H]3CC[C@H](C2)N(Cc2c(C)noc2C)C3=O)n[nH]1. The number of aromatic nitrogens is 3. The minimum Gasteiger partial charge on any atom is -0.361 e. The first-order valence-electron chi connectivity index (χ1n) is 8.97. The summed E-state index contributed by atoms with van der Waals surface area (Å²) in [5.74, 6) is 0.599. The molecule has 8 nitrogen and oxygen atoms in total. The summed E-state index contributed by atoms with van der Waals surface area (Å²) in [5, 5.41) is 10.9. The molecule has 26 heavy (non-hydrogen) atoms. The summed E-state index contributed by atoms with van der Waals surface area (Å²) in [6.45, 7) is 7.11. The maximum Gasteiger partial charge on any atom is 0.274 e. The molecule has 2 amide bonds. The van der Waals surface area contributed by atoms with Crippen LogP contribution in [0.5, 0.6) is 0 Å². The van der Waals surface area contributed by atoms with E-state index in [1.54, 1.807) is 11.0 Å². The Balaban J connectivity index is 1.57. The van der Waals surface area contributed by atoms with Gasteiger partial charge < -0.3 is 14.3 Å². The summed E-state index contributed by atoms with van der Waals surface area (Å²) in [4.78, 5) is 29.5. The predicted molar refractivity (Wildman–Crippen MR) is 92.3 cm³/mol. The molecule has 5 heterocycles. The number of piperidine rings is 1. The standard InChI is InChI=1S/C18H23N5O3/c1-10-6-16(20-19-10)18(25)22-7-13-4-5-14(8-22)23(17(13)24)9-15-11(2)21-26-12(15)3/h6,13-14H,4-5,7-9H2,1-3H3,(H,19,20)/t13-,14+/m0/s1. The molecular weight excluding hydrogens is 334 g/mol. The molecule has 2 aromatic rings. The second kappa shape index (κ2) is 6.26. The number of nitrogens with zero attached hydrogens (tertiary/aromatic N) is 4. The smallest absolute Gasteiger partial charge is 0.274 e. The van der Waals surface area contributed by atoms with Gasteiger partial charge in [-0.2, -0.15) is 5.10 Å². The number of fused-ring (bicyclic) bond motifs is 4. The molecule has 0 aliphatic carbocycles. The molecular formula is C18H23N5O3. The van der Waals surface area contributed by atoms with Gasteiger partial charge in [0, 0.05) is 30.4 Å². The molecule has 0 saturated carbocycles. The highest BCUT2D eigenvalue weighted by Gasteiger charge is 2.42. The molecule has 3 aliphatic heterocycles. The zero-order chi connectivity index (χ0) is 18.4. The number of amides is 2. The van der Waals surface area contributed by atoms with Crippen LogP contribution in [0.25, 0.3) is 0 Å². The van der Waals surface area contributed by atoms with E-state index >= 15 is 0 Å². The van der Waals surface area contributed by atoms with Gasteiger partial charge in [-0.25, -0.2) is 0 Å². The summed E-state index contributed by atoms with van der Waals surface area (Å²) in [6, 6.07) is 1.76. The van der Waals surface area contributed by atoms with E-state index in [4.69, 9.17) is 4.52 Å². The van der Waals surface area contributed by atoms with Crippen LogP contribution in [0.15, 0.2) is 10.6 Å². The van der Waals surface area contributed by atoms with Gasteiger partial charge in [0.05, 0.1) is 18.2 Å². The van der Waals surface area contributed by atoms with Crippen LogP contribution in [0.2, 0.25) is 0 Å². The molecule has 1 N–H and O–H groups in total. The molecule has 3 saturated heterocycles.